The van der Waals surface area contributed by atoms with Crippen LogP contribution >= 0.6 is 22.6 Å². The minimum Gasteiger partial charge on any atom is -0.465 e. The summed E-state index contributed by atoms with van der Waals surface area (Å²) >= 11 is 2.15. The van der Waals surface area contributed by atoms with Crippen molar-refractivity contribution in [3.63, 3.8) is 0 Å². The lowest BCUT2D eigenvalue weighted by molar-refractivity contribution is -0.145. The number of aldehydes is 1. The highest BCUT2D eigenvalue weighted by molar-refractivity contribution is 14.1. The minimum absolute atomic E-state index is 0.0242. The average molecular weight is 966 g/mol. The number of aliphatic hydroxyl groups excluding tert-OH is 1. The second-order valence-corrected chi connectivity index (χ2v) is 16.4. The number of terminal acetylenes is 1. The van der Waals surface area contributed by atoms with Gasteiger partial charge in [0.2, 0.25) is 0 Å². The van der Waals surface area contributed by atoms with Crippen LogP contribution in [0.15, 0.2) is 0 Å². The van der Waals surface area contributed by atoms with E-state index in [2.05, 4.69) is 68.0 Å². The number of alkyl halides is 1. The van der Waals surface area contributed by atoms with E-state index in [1.165, 1.54) is 154 Å². The molecule has 6 nitrogen and oxygen atoms in total. The first kappa shape index (κ1) is 68.4. The van der Waals surface area contributed by atoms with Crippen molar-refractivity contribution in [1.82, 2.24) is 4.90 Å². The fourth-order valence-electron chi connectivity index (χ4n) is 7.44. The molecule has 2 unspecified atom stereocenters. The Kier molecular flexibility index (Phi) is 76.8. The number of carbonyl (C=O) groups is 2. The number of aliphatic hydroxyl groups is 1. The molecule has 60 heavy (non-hydrogen) atoms. The van der Waals surface area contributed by atoms with Crippen molar-refractivity contribution in [2.24, 2.45) is 11.8 Å². The van der Waals surface area contributed by atoms with Crippen molar-refractivity contribution in [3.05, 3.63) is 0 Å². The molecule has 0 aliphatic carbocycles. The van der Waals surface area contributed by atoms with E-state index in [1.807, 2.05) is 25.9 Å². The lowest BCUT2D eigenvalue weighted by Gasteiger charge is -2.22. The van der Waals surface area contributed by atoms with Crippen molar-refractivity contribution in [2.45, 2.75) is 253 Å². The second kappa shape index (κ2) is 67.4. The van der Waals surface area contributed by atoms with Crippen molar-refractivity contribution < 1.29 is 24.2 Å². The molecule has 0 fully saturated rings. The summed E-state index contributed by atoms with van der Waals surface area (Å²) < 4.78 is 11.1. The normalized spacial score (nSPS) is 11.4. The lowest BCUT2D eigenvalue weighted by atomic mass is 9.95. The number of rotatable bonds is 43. The monoisotopic (exact) mass is 966 g/mol. The van der Waals surface area contributed by atoms with Crippen LogP contribution in [0.4, 0.5) is 0 Å². The Morgan fingerprint density at radius 3 is 1.30 bits per heavy atom. The summed E-state index contributed by atoms with van der Waals surface area (Å²) in [6, 6.07) is 0. The van der Waals surface area contributed by atoms with E-state index in [0.29, 0.717) is 25.4 Å². The molecule has 0 saturated carbocycles. The topological polar surface area (TPSA) is 76.1 Å². The van der Waals surface area contributed by atoms with Crippen LogP contribution in [0.25, 0.3) is 0 Å². The third-order valence-electron chi connectivity index (χ3n) is 11.0. The zero-order chi connectivity index (χ0) is 46.0. The standard InChI is InChI=1S/C31H61NO4.C17H36O.C2H6.C2H2.CH3I/c1-3-5-7-9-10-15-22-30(21-14-8-6-4-2)29-36-31(35)23-16-13-18-25-32(26-20-28-34)24-17-11-12-19-27-33;1-4-6-8-10-11-13-15-17(16-18-3)14-12-9-7-5-2;3*1-2/h27,30,34H,3-26,28-29H2,1-2H3;17H,4-16H2,1-3H3;1-2H3;1-2H;1H3. The molecule has 0 amide bonds. The number of ether oxygens (including phenoxy) is 2. The minimum atomic E-state index is -0.0242. The van der Waals surface area contributed by atoms with Crippen LogP contribution in [0.2, 0.25) is 0 Å². The first-order valence-electron chi connectivity index (χ1n) is 25.6. The van der Waals surface area contributed by atoms with Crippen LogP contribution in [-0.4, -0.2) is 73.8 Å². The Morgan fingerprint density at radius 1 is 0.550 bits per heavy atom. The summed E-state index contributed by atoms with van der Waals surface area (Å²) in [5, 5.41) is 9.16. The van der Waals surface area contributed by atoms with Gasteiger partial charge >= 0.3 is 5.97 Å². The summed E-state index contributed by atoms with van der Waals surface area (Å²) in [4.78, 5) is 27.2. The summed E-state index contributed by atoms with van der Waals surface area (Å²) in [5.74, 6) is 1.32. The Morgan fingerprint density at radius 2 is 0.900 bits per heavy atom. The SMILES string of the molecule is C#C.CC.CCCCCCCCC(CCCCCC)COC.CCCCCCCCC(CCCCCC)COC(=O)CCCCCN(CCCO)CCCCCC=O.CI. The van der Waals surface area contributed by atoms with E-state index in [0.717, 1.165) is 83.4 Å². The molecule has 0 bridgehead atoms. The zero-order valence-corrected chi connectivity index (χ0v) is 44.0. The lowest BCUT2D eigenvalue weighted by Crippen LogP contribution is -2.28. The van der Waals surface area contributed by atoms with Gasteiger partial charge < -0.3 is 24.3 Å². The Labute approximate surface area is 391 Å². The molecule has 0 spiro atoms. The van der Waals surface area contributed by atoms with E-state index in [9.17, 15) is 9.59 Å². The Hall–Kier alpha value is -0.690. The van der Waals surface area contributed by atoms with E-state index in [1.54, 1.807) is 0 Å². The van der Waals surface area contributed by atoms with Gasteiger partial charge in [0.25, 0.3) is 0 Å². The van der Waals surface area contributed by atoms with Crippen molar-refractivity contribution in [1.29, 1.82) is 0 Å². The number of halogens is 1. The van der Waals surface area contributed by atoms with Crippen molar-refractivity contribution in [2.75, 3.05) is 51.5 Å². The molecule has 0 radical (unpaired) electrons. The number of nitrogens with zero attached hydrogens (tertiary/aromatic N) is 1. The van der Waals surface area contributed by atoms with Gasteiger partial charge in [-0.3, -0.25) is 4.79 Å². The van der Waals surface area contributed by atoms with Crippen LogP contribution < -0.4 is 0 Å². The van der Waals surface area contributed by atoms with Crippen molar-refractivity contribution >= 4 is 34.8 Å². The number of carbonyl (C=O) groups excluding carboxylic acids is 2. The predicted molar refractivity (Wildman–Crippen MR) is 276 cm³/mol. The molecule has 0 rings (SSSR count). The smallest absolute Gasteiger partial charge is 0.305 e. The van der Waals surface area contributed by atoms with Gasteiger partial charge in [0, 0.05) is 39.7 Å². The summed E-state index contributed by atoms with van der Waals surface area (Å²) in [6.45, 7) is 17.8. The summed E-state index contributed by atoms with van der Waals surface area (Å²) in [6.07, 6.45) is 49.4. The molecule has 0 heterocycles. The maximum Gasteiger partial charge on any atom is 0.305 e. The first-order valence-corrected chi connectivity index (χ1v) is 27.8. The van der Waals surface area contributed by atoms with Gasteiger partial charge in [-0.05, 0) is 87.6 Å². The maximum absolute atomic E-state index is 12.4. The van der Waals surface area contributed by atoms with Gasteiger partial charge in [-0.1, -0.05) is 205 Å². The number of methoxy groups -OCH3 is 1. The van der Waals surface area contributed by atoms with Crippen LogP contribution in [0.5, 0.6) is 0 Å². The van der Waals surface area contributed by atoms with Crippen LogP contribution in [-0.2, 0) is 19.1 Å². The van der Waals surface area contributed by atoms with Crippen LogP contribution in [0, 0.1) is 24.7 Å². The fourth-order valence-corrected chi connectivity index (χ4v) is 7.44. The Balaban J connectivity index is -0.000000351. The molecule has 0 aliphatic rings. The molecule has 0 saturated heterocycles. The highest BCUT2D eigenvalue weighted by atomic mass is 127. The van der Waals surface area contributed by atoms with Gasteiger partial charge in [-0.25, -0.2) is 0 Å². The number of hydrogen-bond donors (Lipinski definition) is 1. The molecule has 0 aromatic carbocycles. The molecule has 0 aliphatic heterocycles. The number of esters is 1. The molecule has 0 aromatic heterocycles. The molecular formula is C53H108INO5. The fraction of sp³-hybridized carbons (Fsp3) is 0.925. The zero-order valence-electron chi connectivity index (χ0n) is 41.9. The van der Waals surface area contributed by atoms with Gasteiger partial charge in [0.15, 0.2) is 0 Å². The number of unbranched alkanes of at least 4 members (excludes halogenated alkanes) is 21. The van der Waals surface area contributed by atoms with Gasteiger partial charge in [-0.15, -0.1) is 12.8 Å². The molecule has 7 heteroatoms. The average Bonchev–Trinajstić information content (AvgIpc) is 3.28. The predicted octanol–water partition coefficient (Wildman–Crippen LogP) is 16.2. The first-order chi connectivity index (χ1) is 29.5. The summed E-state index contributed by atoms with van der Waals surface area (Å²) in [5.41, 5.74) is 0. The third-order valence-corrected chi connectivity index (χ3v) is 11.0. The van der Waals surface area contributed by atoms with E-state index in [-0.39, 0.29) is 12.6 Å². The van der Waals surface area contributed by atoms with Gasteiger partial charge in [-0.2, -0.15) is 0 Å². The maximum atomic E-state index is 12.4. The molecule has 2 atom stereocenters. The van der Waals surface area contributed by atoms with Gasteiger partial charge in [0.05, 0.1) is 6.61 Å². The van der Waals surface area contributed by atoms with E-state index < -0.39 is 0 Å². The van der Waals surface area contributed by atoms with Crippen LogP contribution in [0.1, 0.15) is 253 Å². The number of hydrogen-bond acceptors (Lipinski definition) is 6. The van der Waals surface area contributed by atoms with E-state index >= 15 is 0 Å². The van der Waals surface area contributed by atoms with Crippen molar-refractivity contribution in [3.8, 4) is 12.8 Å². The second-order valence-electron chi connectivity index (χ2n) is 16.4. The summed E-state index contributed by atoms with van der Waals surface area (Å²) in [7, 11) is 1.85. The third kappa shape index (κ3) is 61.6. The molecule has 1 N–H and O–H groups in total. The largest absolute Gasteiger partial charge is 0.465 e. The van der Waals surface area contributed by atoms with Gasteiger partial charge in [0.1, 0.15) is 6.29 Å². The molecule has 362 valence electrons. The van der Waals surface area contributed by atoms with E-state index in [4.69, 9.17) is 14.6 Å². The van der Waals surface area contributed by atoms with Crippen LogP contribution in [0.3, 0.4) is 0 Å². The molecule has 0 aromatic rings. The quantitative estimate of drug-likeness (QED) is 0.0164. The Bertz CT molecular complexity index is 767. The highest BCUT2D eigenvalue weighted by Crippen LogP contribution is 2.21. The highest BCUT2D eigenvalue weighted by Gasteiger charge is 2.13. The molecular weight excluding hydrogens is 857 g/mol.